The van der Waals surface area contributed by atoms with Crippen LogP contribution in [0.15, 0.2) is 36.6 Å². The average molecular weight is 266 g/mol. The fourth-order valence-corrected chi connectivity index (χ4v) is 2.38. The monoisotopic (exact) mass is 266 g/mol. The maximum Gasteiger partial charge on any atom is 0.225 e. The lowest BCUT2D eigenvalue weighted by Crippen LogP contribution is -2.51. The van der Waals surface area contributed by atoms with E-state index in [1.165, 1.54) is 0 Å². The molecule has 0 saturated heterocycles. The fraction of sp³-hybridized carbons (Fsp3) is 0.385. The van der Waals surface area contributed by atoms with Crippen molar-refractivity contribution in [3.05, 3.63) is 36.6 Å². The molecule has 0 heterocycles. The van der Waals surface area contributed by atoms with Gasteiger partial charge in [-0.1, -0.05) is 24.3 Å². The number of hydrogen-bond acceptors (Lipinski definition) is 2. The molecule has 18 heavy (non-hydrogen) atoms. The molecule has 100 valence electrons. The Morgan fingerprint density at radius 1 is 1.11 bits per heavy atom. The van der Waals surface area contributed by atoms with Crippen LogP contribution in [0, 0.1) is 0 Å². The van der Waals surface area contributed by atoms with Gasteiger partial charge in [0.05, 0.1) is 15.3 Å². The molecule has 0 atom stereocenters. The van der Waals surface area contributed by atoms with Gasteiger partial charge >= 0.3 is 0 Å². The van der Waals surface area contributed by atoms with Gasteiger partial charge in [0.2, 0.25) is 11.8 Å². The molecule has 0 rings (SSSR count). The van der Waals surface area contributed by atoms with Crippen molar-refractivity contribution in [1.82, 2.24) is 10.6 Å². The highest BCUT2D eigenvalue weighted by Gasteiger charge is 2.13. The molecule has 2 N–H and O–H groups in total. The van der Waals surface area contributed by atoms with Crippen LogP contribution in [0.3, 0.4) is 0 Å². The van der Waals surface area contributed by atoms with E-state index < -0.39 is 9.52 Å². The summed E-state index contributed by atoms with van der Waals surface area (Å²) < 4.78 is 0. The smallest absolute Gasteiger partial charge is 0.225 e. The van der Waals surface area contributed by atoms with E-state index in [1.807, 2.05) is 0 Å². The van der Waals surface area contributed by atoms with Gasteiger partial charge in [-0.15, -0.1) is 12.3 Å². The lowest BCUT2D eigenvalue weighted by molar-refractivity contribution is -0.122. The Morgan fingerprint density at radius 2 is 1.50 bits per heavy atom. The largest absolute Gasteiger partial charge is 0.339 e. The van der Waals surface area contributed by atoms with Crippen LogP contribution >= 0.6 is 0 Å². The maximum atomic E-state index is 11.6. The van der Waals surface area contributed by atoms with Crippen molar-refractivity contribution in [2.75, 3.05) is 0 Å². The summed E-state index contributed by atoms with van der Waals surface area (Å²) in [5, 5.41) is 5.57. The normalized spacial score (nSPS) is 10.4. The van der Waals surface area contributed by atoms with Gasteiger partial charge in [-0.3, -0.25) is 9.59 Å². The Morgan fingerprint density at radius 3 is 1.78 bits per heavy atom. The van der Waals surface area contributed by atoms with Gasteiger partial charge in [-0.2, -0.15) is 0 Å². The van der Waals surface area contributed by atoms with E-state index in [1.54, 1.807) is 19.5 Å². The summed E-state index contributed by atoms with van der Waals surface area (Å²) in [5.74, 6) is -0.545. The average Bonchev–Trinajstić information content (AvgIpc) is 2.14. The second-order valence-corrected chi connectivity index (χ2v) is 6.35. The van der Waals surface area contributed by atoms with E-state index in [0.29, 0.717) is 0 Å². The van der Waals surface area contributed by atoms with Crippen LogP contribution in [-0.4, -0.2) is 27.1 Å². The second kappa shape index (κ2) is 8.47. The predicted octanol–water partition coefficient (Wildman–Crippen LogP) is 0.747. The SMILES string of the molecule is C=C[SiH2]C(NC(=O)CC(=C)C)NC(=O)CC(=C)C. The van der Waals surface area contributed by atoms with Crippen LogP contribution in [0.25, 0.3) is 0 Å². The Bertz CT molecular complexity index is 334. The van der Waals surface area contributed by atoms with Gasteiger partial charge in [-0.25, -0.2) is 0 Å². The summed E-state index contributed by atoms with van der Waals surface area (Å²) in [5.41, 5.74) is 3.37. The molecule has 4 nitrogen and oxygen atoms in total. The van der Waals surface area contributed by atoms with E-state index in [4.69, 9.17) is 0 Å². The molecule has 0 saturated carbocycles. The Kier molecular flexibility index (Phi) is 7.70. The first-order valence-corrected chi connectivity index (χ1v) is 7.46. The highest BCUT2D eigenvalue weighted by atomic mass is 28.2. The van der Waals surface area contributed by atoms with Crippen molar-refractivity contribution in [2.24, 2.45) is 0 Å². The number of rotatable bonds is 8. The van der Waals surface area contributed by atoms with Crippen LogP contribution in [0.5, 0.6) is 0 Å². The summed E-state index contributed by atoms with van der Waals surface area (Å²) in [7, 11) is -0.777. The Hall–Kier alpha value is -1.62. The van der Waals surface area contributed by atoms with Crippen LogP contribution in [0.1, 0.15) is 26.7 Å². The lowest BCUT2D eigenvalue weighted by Gasteiger charge is -2.19. The molecule has 0 aromatic rings. The zero-order valence-electron chi connectivity index (χ0n) is 11.2. The van der Waals surface area contributed by atoms with Crippen LogP contribution < -0.4 is 10.6 Å². The topological polar surface area (TPSA) is 58.2 Å². The minimum atomic E-state index is -0.777. The van der Waals surface area contributed by atoms with Crippen molar-refractivity contribution < 1.29 is 9.59 Å². The summed E-state index contributed by atoms with van der Waals surface area (Å²) in [6.45, 7) is 14.6. The van der Waals surface area contributed by atoms with Crippen molar-refractivity contribution >= 4 is 21.3 Å². The second-order valence-electron chi connectivity index (χ2n) is 4.48. The van der Waals surface area contributed by atoms with E-state index in [0.717, 1.165) is 11.1 Å². The molecule has 0 fully saturated rings. The highest BCUT2D eigenvalue weighted by Crippen LogP contribution is 1.97. The van der Waals surface area contributed by atoms with Crippen molar-refractivity contribution in [3.63, 3.8) is 0 Å². The number of nitrogens with one attached hydrogen (secondary N) is 2. The molecule has 0 radical (unpaired) electrons. The van der Waals surface area contributed by atoms with Gasteiger partial charge in [0.25, 0.3) is 0 Å². The standard InChI is InChI=1S/C13H22N2O2Si/c1-6-18-13(14-11(16)7-9(2)3)15-12(17)8-10(4)5/h6,13H,1-2,4,7-8,18H2,3,5H3,(H,14,16)(H,15,17). The first-order chi connectivity index (χ1) is 8.35. The van der Waals surface area contributed by atoms with Gasteiger partial charge in [-0.05, 0) is 13.8 Å². The molecule has 5 heteroatoms. The summed E-state index contributed by atoms with van der Waals surface area (Å²) in [6.07, 6.45) is 0.552. The number of hydrogen-bond donors (Lipinski definition) is 2. The first-order valence-electron chi connectivity index (χ1n) is 5.83. The molecule has 0 aliphatic heterocycles. The fourth-order valence-electron chi connectivity index (χ4n) is 1.36. The zero-order chi connectivity index (χ0) is 14.1. The van der Waals surface area contributed by atoms with E-state index in [-0.39, 0.29) is 30.4 Å². The Balaban J connectivity index is 4.33. The predicted molar refractivity (Wildman–Crippen MR) is 77.7 cm³/mol. The number of amides is 2. The molecule has 2 amide bonds. The van der Waals surface area contributed by atoms with Crippen LogP contribution in [0.4, 0.5) is 0 Å². The van der Waals surface area contributed by atoms with Gasteiger partial charge in [0.1, 0.15) is 0 Å². The van der Waals surface area contributed by atoms with E-state index in [9.17, 15) is 9.59 Å². The van der Waals surface area contributed by atoms with Gasteiger partial charge in [0.15, 0.2) is 0 Å². The minimum Gasteiger partial charge on any atom is -0.339 e. The van der Waals surface area contributed by atoms with E-state index in [2.05, 4.69) is 30.4 Å². The third-order valence-corrected chi connectivity index (χ3v) is 3.21. The first kappa shape index (κ1) is 16.4. The van der Waals surface area contributed by atoms with Crippen molar-refractivity contribution in [1.29, 1.82) is 0 Å². The van der Waals surface area contributed by atoms with Crippen molar-refractivity contribution in [3.8, 4) is 0 Å². The van der Waals surface area contributed by atoms with Crippen LogP contribution in [-0.2, 0) is 9.59 Å². The Labute approximate surface area is 111 Å². The number of carbonyl (C=O) groups is 2. The zero-order valence-corrected chi connectivity index (χ0v) is 12.6. The van der Waals surface area contributed by atoms with Crippen LogP contribution in [0.2, 0.25) is 0 Å². The van der Waals surface area contributed by atoms with Crippen molar-refractivity contribution in [2.45, 2.75) is 32.5 Å². The minimum absolute atomic E-state index is 0.127. The molecule has 0 unspecified atom stereocenters. The molecular formula is C13H22N2O2Si. The molecule has 0 aliphatic carbocycles. The molecule has 0 aromatic carbocycles. The third-order valence-electron chi connectivity index (χ3n) is 2.00. The highest BCUT2D eigenvalue weighted by molar-refractivity contribution is 6.44. The molecule has 0 aliphatic rings. The molecule has 0 spiro atoms. The lowest BCUT2D eigenvalue weighted by atomic mass is 10.2. The summed E-state index contributed by atoms with van der Waals surface area (Å²) >= 11 is 0. The number of carbonyl (C=O) groups excluding carboxylic acids is 2. The molecular weight excluding hydrogens is 244 g/mol. The maximum absolute atomic E-state index is 11.6. The summed E-state index contributed by atoms with van der Waals surface area (Å²) in [4.78, 5) is 23.2. The van der Waals surface area contributed by atoms with Gasteiger partial charge in [0, 0.05) is 12.8 Å². The van der Waals surface area contributed by atoms with Gasteiger partial charge < -0.3 is 10.6 Å². The summed E-state index contributed by atoms with van der Waals surface area (Å²) in [6, 6.07) is 0. The van der Waals surface area contributed by atoms with E-state index >= 15 is 0 Å². The molecule has 0 bridgehead atoms. The quantitative estimate of drug-likeness (QED) is 0.387. The molecule has 0 aromatic heterocycles. The third kappa shape index (κ3) is 8.52.